The van der Waals surface area contributed by atoms with E-state index < -0.39 is 0 Å². The summed E-state index contributed by atoms with van der Waals surface area (Å²) in [5, 5.41) is 26.5. The minimum absolute atomic E-state index is 0.0155. The van der Waals surface area contributed by atoms with E-state index >= 15 is 0 Å². The quantitative estimate of drug-likeness (QED) is 0.584. The highest BCUT2D eigenvalue weighted by Crippen LogP contribution is 2.25. The van der Waals surface area contributed by atoms with Gasteiger partial charge in [-0.2, -0.15) is 0 Å². The predicted octanol–water partition coefficient (Wildman–Crippen LogP) is 0.837. The lowest BCUT2D eigenvalue weighted by Gasteiger charge is -2.01. The molecule has 12 heavy (non-hydrogen) atoms. The molecule has 0 aliphatic heterocycles. The van der Waals surface area contributed by atoms with Crippen molar-refractivity contribution < 1.29 is 15.3 Å². The van der Waals surface area contributed by atoms with Crippen molar-refractivity contribution in [2.24, 2.45) is 0 Å². The summed E-state index contributed by atoms with van der Waals surface area (Å²) < 4.78 is 0. The molecule has 0 fully saturated rings. The van der Waals surface area contributed by atoms with Crippen LogP contribution in [0.4, 0.5) is 0 Å². The zero-order valence-corrected chi connectivity index (χ0v) is 6.57. The number of phenols is 2. The molecule has 0 aromatic heterocycles. The SMILES string of the molecule is OC[CH]Cc1ccc(O)c(O)c1. The molecule has 3 nitrogen and oxygen atoms in total. The second-order valence-electron chi connectivity index (χ2n) is 2.50. The Morgan fingerprint density at radius 1 is 1.17 bits per heavy atom. The molecule has 1 aromatic carbocycles. The number of rotatable bonds is 3. The summed E-state index contributed by atoms with van der Waals surface area (Å²) in [6.45, 7) is 0.0155. The van der Waals surface area contributed by atoms with Gasteiger partial charge in [-0.3, -0.25) is 0 Å². The number of aromatic hydroxyl groups is 2. The Hall–Kier alpha value is -1.22. The minimum atomic E-state index is -0.126. The first kappa shape index (κ1) is 8.87. The molecule has 3 N–H and O–H groups in total. The number of aliphatic hydroxyl groups excluding tert-OH is 1. The second kappa shape index (κ2) is 3.97. The first-order valence-corrected chi connectivity index (χ1v) is 3.67. The van der Waals surface area contributed by atoms with Crippen molar-refractivity contribution in [3.8, 4) is 11.5 Å². The molecule has 0 heterocycles. The smallest absolute Gasteiger partial charge is 0.157 e. The molecular formula is C9H11O3. The topological polar surface area (TPSA) is 60.7 Å². The maximum Gasteiger partial charge on any atom is 0.157 e. The molecule has 0 saturated carbocycles. The second-order valence-corrected chi connectivity index (χ2v) is 2.50. The van der Waals surface area contributed by atoms with Gasteiger partial charge in [0, 0.05) is 6.61 Å². The first-order valence-electron chi connectivity index (χ1n) is 3.67. The van der Waals surface area contributed by atoms with Crippen LogP contribution in [0.5, 0.6) is 11.5 Å². The fourth-order valence-corrected chi connectivity index (χ4v) is 0.927. The van der Waals surface area contributed by atoms with Gasteiger partial charge in [0.15, 0.2) is 11.5 Å². The Labute approximate surface area is 70.9 Å². The van der Waals surface area contributed by atoms with Crippen molar-refractivity contribution in [1.82, 2.24) is 0 Å². The molecule has 1 rings (SSSR count). The van der Waals surface area contributed by atoms with E-state index in [9.17, 15) is 0 Å². The molecule has 3 heteroatoms. The molecule has 0 bridgehead atoms. The standard InChI is InChI=1S/C9H11O3/c10-5-1-2-7-3-4-8(11)9(12)6-7/h1,3-4,6,10-12H,2,5H2. The highest BCUT2D eigenvalue weighted by Gasteiger charge is 1.99. The summed E-state index contributed by atoms with van der Waals surface area (Å²) in [5.41, 5.74) is 0.861. The van der Waals surface area contributed by atoms with Gasteiger partial charge in [-0.15, -0.1) is 0 Å². The summed E-state index contributed by atoms with van der Waals surface area (Å²) in [6.07, 6.45) is 2.26. The number of hydrogen-bond acceptors (Lipinski definition) is 3. The van der Waals surface area contributed by atoms with Crippen LogP contribution in [0.2, 0.25) is 0 Å². The Morgan fingerprint density at radius 3 is 2.50 bits per heavy atom. The highest BCUT2D eigenvalue weighted by atomic mass is 16.3. The minimum Gasteiger partial charge on any atom is -0.504 e. The van der Waals surface area contributed by atoms with E-state index in [1.165, 1.54) is 12.1 Å². The van der Waals surface area contributed by atoms with Crippen LogP contribution in [0.1, 0.15) is 5.56 Å². The number of hydrogen-bond donors (Lipinski definition) is 3. The maximum absolute atomic E-state index is 9.07. The molecule has 0 unspecified atom stereocenters. The van der Waals surface area contributed by atoms with Gasteiger partial charge in [0.1, 0.15) is 0 Å². The zero-order chi connectivity index (χ0) is 8.97. The van der Waals surface area contributed by atoms with Crippen molar-refractivity contribution in [1.29, 1.82) is 0 Å². The molecule has 0 atom stereocenters. The molecule has 1 aromatic rings. The summed E-state index contributed by atoms with van der Waals surface area (Å²) in [5.74, 6) is -0.249. The monoisotopic (exact) mass is 167 g/mol. The van der Waals surface area contributed by atoms with Crippen LogP contribution in [0.3, 0.4) is 0 Å². The van der Waals surface area contributed by atoms with Crippen molar-refractivity contribution in [2.45, 2.75) is 6.42 Å². The van der Waals surface area contributed by atoms with E-state index in [1.807, 2.05) is 0 Å². The van der Waals surface area contributed by atoms with E-state index in [2.05, 4.69) is 0 Å². The van der Waals surface area contributed by atoms with Gasteiger partial charge in [-0.05, 0) is 30.5 Å². The van der Waals surface area contributed by atoms with Crippen LogP contribution in [0.25, 0.3) is 0 Å². The molecule has 0 spiro atoms. The van der Waals surface area contributed by atoms with Gasteiger partial charge in [0.25, 0.3) is 0 Å². The fourth-order valence-electron chi connectivity index (χ4n) is 0.927. The van der Waals surface area contributed by atoms with Crippen LogP contribution in [0.15, 0.2) is 18.2 Å². The Balaban J connectivity index is 2.69. The van der Waals surface area contributed by atoms with Crippen LogP contribution >= 0.6 is 0 Å². The Kier molecular flexibility index (Phi) is 2.94. The van der Waals surface area contributed by atoms with Crippen molar-refractivity contribution >= 4 is 0 Å². The summed E-state index contributed by atoms with van der Waals surface area (Å²) in [7, 11) is 0. The van der Waals surface area contributed by atoms with Gasteiger partial charge < -0.3 is 15.3 Å². The lowest BCUT2D eigenvalue weighted by Crippen LogP contribution is -1.89. The number of phenolic OH excluding ortho intramolecular Hbond substituents is 2. The molecule has 0 saturated heterocycles. The Bertz CT molecular complexity index is 258. The Morgan fingerprint density at radius 2 is 1.92 bits per heavy atom. The third kappa shape index (κ3) is 2.13. The predicted molar refractivity (Wildman–Crippen MR) is 44.9 cm³/mol. The average Bonchev–Trinajstić information content (AvgIpc) is 2.07. The average molecular weight is 167 g/mol. The van der Waals surface area contributed by atoms with E-state index in [4.69, 9.17) is 15.3 Å². The molecule has 1 radical (unpaired) electrons. The number of benzene rings is 1. The van der Waals surface area contributed by atoms with Gasteiger partial charge >= 0.3 is 0 Å². The van der Waals surface area contributed by atoms with Crippen molar-refractivity contribution in [3.05, 3.63) is 30.2 Å². The largest absolute Gasteiger partial charge is 0.504 e. The molecule has 65 valence electrons. The van der Waals surface area contributed by atoms with E-state index in [1.54, 1.807) is 12.5 Å². The maximum atomic E-state index is 9.07. The van der Waals surface area contributed by atoms with Gasteiger partial charge in [-0.1, -0.05) is 6.07 Å². The zero-order valence-electron chi connectivity index (χ0n) is 6.57. The van der Waals surface area contributed by atoms with Crippen LogP contribution in [-0.2, 0) is 6.42 Å². The summed E-state index contributed by atoms with van der Waals surface area (Å²) in [6, 6.07) is 4.60. The summed E-state index contributed by atoms with van der Waals surface area (Å²) in [4.78, 5) is 0. The third-order valence-electron chi connectivity index (χ3n) is 1.55. The molecule has 0 aliphatic rings. The first-order chi connectivity index (χ1) is 5.74. The molecule has 0 aliphatic carbocycles. The third-order valence-corrected chi connectivity index (χ3v) is 1.55. The van der Waals surface area contributed by atoms with Gasteiger partial charge in [-0.25, -0.2) is 0 Å². The van der Waals surface area contributed by atoms with Crippen LogP contribution in [0, 0.1) is 6.42 Å². The lowest BCUT2D eigenvalue weighted by molar-refractivity contribution is 0.325. The van der Waals surface area contributed by atoms with E-state index in [-0.39, 0.29) is 18.1 Å². The van der Waals surface area contributed by atoms with Gasteiger partial charge in [0.2, 0.25) is 0 Å². The molecule has 0 amide bonds. The van der Waals surface area contributed by atoms with Crippen molar-refractivity contribution in [3.63, 3.8) is 0 Å². The molecular weight excluding hydrogens is 156 g/mol. The highest BCUT2D eigenvalue weighted by molar-refractivity contribution is 5.40. The number of aliphatic hydroxyl groups is 1. The summed E-state index contributed by atoms with van der Waals surface area (Å²) >= 11 is 0. The van der Waals surface area contributed by atoms with E-state index in [0.29, 0.717) is 6.42 Å². The van der Waals surface area contributed by atoms with Crippen molar-refractivity contribution in [2.75, 3.05) is 6.61 Å². The van der Waals surface area contributed by atoms with Gasteiger partial charge in [0.05, 0.1) is 0 Å². The van der Waals surface area contributed by atoms with Crippen LogP contribution < -0.4 is 0 Å². The fraction of sp³-hybridized carbons (Fsp3) is 0.222. The lowest BCUT2D eigenvalue weighted by atomic mass is 10.1. The van der Waals surface area contributed by atoms with E-state index in [0.717, 1.165) is 5.56 Å². The van der Waals surface area contributed by atoms with Crippen LogP contribution in [-0.4, -0.2) is 21.9 Å². The normalized spacial score (nSPS) is 10.1.